The second-order valence-electron chi connectivity index (χ2n) is 4.21. The second-order valence-corrected chi connectivity index (χ2v) is 5.07. The molecule has 1 aromatic heterocycles. The van der Waals surface area contributed by atoms with Crippen LogP contribution in [0.2, 0.25) is 0 Å². The summed E-state index contributed by atoms with van der Waals surface area (Å²) >= 11 is 1.14. The summed E-state index contributed by atoms with van der Waals surface area (Å²) in [7, 11) is 0. The smallest absolute Gasteiger partial charge is 0.326 e. The zero-order valence-electron chi connectivity index (χ0n) is 10.3. The third-order valence-electron chi connectivity index (χ3n) is 2.80. The van der Waals surface area contributed by atoms with Crippen LogP contribution in [-0.4, -0.2) is 45.4 Å². The van der Waals surface area contributed by atoms with Crippen LogP contribution in [0.4, 0.5) is 5.13 Å². The highest BCUT2D eigenvalue weighted by molar-refractivity contribution is 7.14. The monoisotopic (exact) mass is 283 g/mol. The fourth-order valence-electron chi connectivity index (χ4n) is 1.99. The molecule has 19 heavy (non-hydrogen) atoms. The number of amides is 2. The topological polar surface area (TPSA) is 99.6 Å². The molecule has 8 heteroatoms. The lowest BCUT2D eigenvalue weighted by Crippen LogP contribution is -2.40. The quantitative estimate of drug-likeness (QED) is 0.854. The maximum Gasteiger partial charge on any atom is 0.326 e. The Labute approximate surface area is 113 Å². The Bertz CT molecular complexity index is 528. The van der Waals surface area contributed by atoms with Crippen molar-refractivity contribution in [1.29, 1.82) is 0 Å². The van der Waals surface area contributed by atoms with Crippen molar-refractivity contribution in [3.63, 3.8) is 0 Å². The molecule has 1 aliphatic rings. The summed E-state index contributed by atoms with van der Waals surface area (Å²) < 4.78 is 0. The standard InChI is InChI=1S/C11H13N3O4S/c1-6(15)12-11-13-7(5-19-11)9(16)14-4-2-3-8(14)10(17)18/h5,8H,2-4H2,1H3,(H,17,18)(H,12,13,15). The molecule has 0 bridgehead atoms. The molecule has 0 aliphatic carbocycles. The highest BCUT2D eigenvalue weighted by Gasteiger charge is 2.35. The first-order valence-corrected chi connectivity index (χ1v) is 6.64. The number of thiazole rings is 1. The number of carbonyl (C=O) groups is 3. The molecule has 1 fully saturated rings. The van der Waals surface area contributed by atoms with Crippen molar-refractivity contribution in [2.24, 2.45) is 0 Å². The van der Waals surface area contributed by atoms with Crippen LogP contribution in [0.1, 0.15) is 30.3 Å². The molecule has 1 aromatic rings. The van der Waals surface area contributed by atoms with E-state index in [1.165, 1.54) is 17.2 Å². The number of carbonyl (C=O) groups excluding carboxylic acids is 2. The Hall–Kier alpha value is -1.96. The molecule has 102 valence electrons. The minimum atomic E-state index is -0.997. The molecular weight excluding hydrogens is 270 g/mol. The minimum absolute atomic E-state index is 0.168. The van der Waals surface area contributed by atoms with E-state index in [-0.39, 0.29) is 11.6 Å². The van der Waals surface area contributed by atoms with Gasteiger partial charge in [-0.25, -0.2) is 9.78 Å². The largest absolute Gasteiger partial charge is 0.480 e. The SMILES string of the molecule is CC(=O)Nc1nc(C(=O)N2CCCC2C(=O)O)cs1. The molecule has 1 unspecified atom stereocenters. The van der Waals surface area contributed by atoms with E-state index in [2.05, 4.69) is 10.3 Å². The summed E-state index contributed by atoms with van der Waals surface area (Å²) in [6, 6.07) is -0.779. The van der Waals surface area contributed by atoms with Crippen LogP contribution >= 0.6 is 11.3 Å². The Morgan fingerprint density at radius 2 is 2.26 bits per heavy atom. The number of carboxylic acid groups (broad SMARTS) is 1. The van der Waals surface area contributed by atoms with Gasteiger partial charge in [0, 0.05) is 18.8 Å². The zero-order chi connectivity index (χ0) is 14.0. The third-order valence-corrected chi connectivity index (χ3v) is 3.56. The molecular formula is C11H13N3O4S. The third kappa shape index (κ3) is 2.90. The molecule has 1 saturated heterocycles. The normalized spacial score (nSPS) is 18.4. The van der Waals surface area contributed by atoms with Crippen LogP contribution in [0.5, 0.6) is 0 Å². The number of carboxylic acids is 1. The lowest BCUT2D eigenvalue weighted by Gasteiger charge is -2.20. The fraction of sp³-hybridized carbons (Fsp3) is 0.455. The highest BCUT2D eigenvalue weighted by Crippen LogP contribution is 2.22. The molecule has 1 aliphatic heterocycles. The van der Waals surface area contributed by atoms with Gasteiger partial charge in [-0.1, -0.05) is 0 Å². The van der Waals surface area contributed by atoms with Gasteiger partial charge in [0.15, 0.2) is 5.13 Å². The molecule has 7 nitrogen and oxygen atoms in total. The number of aromatic nitrogens is 1. The minimum Gasteiger partial charge on any atom is -0.480 e. The van der Waals surface area contributed by atoms with Gasteiger partial charge in [-0.15, -0.1) is 11.3 Å². The van der Waals surface area contributed by atoms with Gasteiger partial charge in [0.05, 0.1) is 0 Å². The van der Waals surface area contributed by atoms with Crippen LogP contribution in [0.15, 0.2) is 5.38 Å². The zero-order valence-corrected chi connectivity index (χ0v) is 11.1. The van der Waals surface area contributed by atoms with E-state index < -0.39 is 17.9 Å². The van der Waals surface area contributed by atoms with E-state index in [1.807, 2.05) is 0 Å². The summed E-state index contributed by atoms with van der Waals surface area (Å²) in [5.74, 6) is -1.67. The Morgan fingerprint density at radius 1 is 1.53 bits per heavy atom. The number of rotatable bonds is 3. The summed E-state index contributed by atoms with van der Waals surface area (Å²) in [6.07, 6.45) is 1.13. The summed E-state index contributed by atoms with van der Waals surface area (Å²) in [5, 5.41) is 13.4. The molecule has 2 rings (SSSR count). The van der Waals surface area contributed by atoms with Crippen molar-refractivity contribution < 1.29 is 19.5 Å². The number of hydrogen-bond donors (Lipinski definition) is 2. The van der Waals surface area contributed by atoms with Crippen molar-refractivity contribution >= 4 is 34.3 Å². The van der Waals surface area contributed by atoms with Gasteiger partial charge in [0.25, 0.3) is 5.91 Å². The molecule has 1 atom stereocenters. The number of hydrogen-bond acceptors (Lipinski definition) is 5. The average molecular weight is 283 g/mol. The summed E-state index contributed by atoms with van der Waals surface area (Å²) in [4.78, 5) is 39.4. The van der Waals surface area contributed by atoms with Crippen LogP contribution in [-0.2, 0) is 9.59 Å². The van der Waals surface area contributed by atoms with Crippen LogP contribution < -0.4 is 5.32 Å². The van der Waals surface area contributed by atoms with E-state index in [0.717, 1.165) is 11.3 Å². The first kappa shape index (κ1) is 13.5. The van der Waals surface area contributed by atoms with E-state index >= 15 is 0 Å². The average Bonchev–Trinajstić information content (AvgIpc) is 2.94. The number of aliphatic carboxylic acids is 1. The molecule has 0 spiro atoms. The van der Waals surface area contributed by atoms with Crippen molar-refractivity contribution in [3.8, 4) is 0 Å². The molecule has 0 saturated carbocycles. The number of nitrogens with zero attached hydrogens (tertiary/aromatic N) is 2. The Morgan fingerprint density at radius 3 is 2.89 bits per heavy atom. The maximum absolute atomic E-state index is 12.2. The van der Waals surface area contributed by atoms with E-state index in [1.54, 1.807) is 0 Å². The van der Waals surface area contributed by atoms with Crippen LogP contribution in [0.3, 0.4) is 0 Å². The van der Waals surface area contributed by atoms with Crippen molar-refractivity contribution in [2.45, 2.75) is 25.8 Å². The molecule has 2 amide bonds. The molecule has 2 N–H and O–H groups in total. The first-order chi connectivity index (χ1) is 8.99. The van der Waals surface area contributed by atoms with E-state index in [9.17, 15) is 14.4 Å². The fourth-order valence-corrected chi connectivity index (χ4v) is 2.72. The van der Waals surface area contributed by atoms with E-state index in [4.69, 9.17) is 5.11 Å². The van der Waals surface area contributed by atoms with Gasteiger partial charge in [-0.3, -0.25) is 9.59 Å². The molecule has 0 aromatic carbocycles. The summed E-state index contributed by atoms with van der Waals surface area (Å²) in [6.45, 7) is 1.77. The van der Waals surface area contributed by atoms with Gasteiger partial charge in [-0.05, 0) is 12.8 Å². The van der Waals surface area contributed by atoms with Gasteiger partial charge >= 0.3 is 5.97 Å². The summed E-state index contributed by atoms with van der Waals surface area (Å²) in [5.41, 5.74) is 0.168. The number of nitrogens with one attached hydrogen (secondary N) is 1. The predicted octanol–water partition coefficient (Wildman–Crippen LogP) is 0.791. The lowest BCUT2D eigenvalue weighted by atomic mass is 10.2. The molecule has 0 radical (unpaired) electrons. The van der Waals surface area contributed by atoms with Gasteiger partial charge < -0.3 is 15.3 Å². The van der Waals surface area contributed by atoms with Crippen molar-refractivity contribution in [3.05, 3.63) is 11.1 Å². The van der Waals surface area contributed by atoms with Crippen LogP contribution in [0.25, 0.3) is 0 Å². The van der Waals surface area contributed by atoms with E-state index in [0.29, 0.717) is 24.5 Å². The first-order valence-electron chi connectivity index (χ1n) is 5.76. The Balaban J connectivity index is 2.13. The van der Waals surface area contributed by atoms with Gasteiger partial charge in [-0.2, -0.15) is 0 Å². The highest BCUT2D eigenvalue weighted by atomic mass is 32.1. The van der Waals surface area contributed by atoms with Crippen LogP contribution in [0, 0.1) is 0 Å². The van der Waals surface area contributed by atoms with Crippen molar-refractivity contribution in [2.75, 3.05) is 11.9 Å². The molecule has 2 heterocycles. The number of anilines is 1. The Kier molecular flexibility index (Phi) is 3.79. The van der Waals surface area contributed by atoms with Gasteiger partial charge in [0.2, 0.25) is 5.91 Å². The predicted molar refractivity (Wildman–Crippen MR) is 68.1 cm³/mol. The maximum atomic E-state index is 12.2. The van der Waals surface area contributed by atoms with Crippen molar-refractivity contribution in [1.82, 2.24) is 9.88 Å². The number of likely N-dealkylation sites (tertiary alicyclic amines) is 1. The second kappa shape index (κ2) is 5.35. The van der Waals surface area contributed by atoms with Gasteiger partial charge in [0.1, 0.15) is 11.7 Å². The lowest BCUT2D eigenvalue weighted by molar-refractivity contribution is -0.141.